The number of carbonyl (C=O) groups excluding carboxylic acids is 2. The second kappa shape index (κ2) is 16.7. The molecule has 0 bridgehead atoms. The lowest BCUT2D eigenvalue weighted by molar-refractivity contribution is -0.146. The Morgan fingerprint density at radius 1 is 1.09 bits per heavy atom. The fourth-order valence-corrected chi connectivity index (χ4v) is 7.52. The SMILES string of the molecule is CCC(C)CC1(CC)CNC(=O)CO1.COc1nc(-c2cccc(-c3cccc(NC(=O)c4cn(C)c(=O)n(C)c4=O)c3Cl)c2Cl)cc2c1C(C)CC2. The molecule has 0 spiro atoms. The van der Waals surface area contributed by atoms with E-state index in [-0.39, 0.29) is 28.7 Å². The number of aryl methyl sites for hydroxylation is 2. The van der Waals surface area contributed by atoms with Crippen LogP contribution in [-0.4, -0.2) is 51.8 Å². The number of morpholine rings is 1. The van der Waals surface area contributed by atoms with Gasteiger partial charge in [-0.2, -0.15) is 0 Å². The number of rotatable bonds is 9. The van der Waals surface area contributed by atoms with Gasteiger partial charge in [0, 0.05) is 49.1 Å². The number of amides is 2. The molecule has 2 aromatic carbocycles. The summed E-state index contributed by atoms with van der Waals surface area (Å²) in [4.78, 5) is 53.3. The molecule has 0 saturated carbocycles. The zero-order chi connectivity index (χ0) is 38.6. The van der Waals surface area contributed by atoms with Crippen molar-refractivity contribution in [2.75, 3.05) is 25.6 Å². The van der Waals surface area contributed by atoms with Crippen molar-refractivity contribution in [3.05, 3.63) is 96.2 Å². The van der Waals surface area contributed by atoms with Gasteiger partial charge in [-0.3, -0.25) is 19.0 Å². The molecule has 13 heteroatoms. The third-order valence-corrected chi connectivity index (χ3v) is 11.1. The number of fused-ring (bicyclic) bond motifs is 1. The Balaban J connectivity index is 0.000000326. The molecular formula is C40H47Cl2N5O6. The van der Waals surface area contributed by atoms with Crippen LogP contribution in [0.2, 0.25) is 10.0 Å². The van der Waals surface area contributed by atoms with Crippen molar-refractivity contribution in [1.29, 1.82) is 0 Å². The van der Waals surface area contributed by atoms with Gasteiger partial charge in [0.25, 0.3) is 11.5 Å². The molecule has 1 aliphatic heterocycles. The van der Waals surface area contributed by atoms with Gasteiger partial charge in [0.05, 0.1) is 34.1 Å². The van der Waals surface area contributed by atoms with E-state index < -0.39 is 17.2 Å². The third kappa shape index (κ3) is 8.37. The van der Waals surface area contributed by atoms with E-state index in [1.54, 1.807) is 25.3 Å². The van der Waals surface area contributed by atoms with Gasteiger partial charge in [0.15, 0.2) is 0 Å². The maximum absolute atomic E-state index is 13.0. The lowest BCUT2D eigenvalue weighted by Crippen LogP contribution is -2.52. The van der Waals surface area contributed by atoms with Crippen molar-refractivity contribution in [1.82, 2.24) is 19.4 Å². The minimum absolute atomic E-state index is 0.0122. The summed E-state index contributed by atoms with van der Waals surface area (Å²) in [5, 5.41) is 6.29. The van der Waals surface area contributed by atoms with Crippen LogP contribution in [0.5, 0.6) is 5.88 Å². The highest BCUT2D eigenvalue weighted by molar-refractivity contribution is 6.39. The molecular weight excluding hydrogens is 717 g/mol. The lowest BCUT2D eigenvalue weighted by Gasteiger charge is -2.38. The number of aromatic nitrogens is 3. The van der Waals surface area contributed by atoms with Gasteiger partial charge >= 0.3 is 5.69 Å². The molecule has 3 unspecified atom stereocenters. The number of nitrogens with zero attached hydrogens (tertiary/aromatic N) is 3. The highest BCUT2D eigenvalue weighted by Crippen LogP contribution is 2.44. The first-order valence-corrected chi connectivity index (χ1v) is 18.6. The summed E-state index contributed by atoms with van der Waals surface area (Å²) >= 11 is 13.7. The average Bonchev–Trinajstić information content (AvgIpc) is 3.54. The predicted octanol–water partition coefficient (Wildman–Crippen LogP) is 7.15. The highest BCUT2D eigenvalue weighted by atomic mass is 35.5. The summed E-state index contributed by atoms with van der Waals surface area (Å²) in [7, 11) is 4.41. The lowest BCUT2D eigenvalue weighted by atomic mass is 9.87. The Hall–Kier alpha value is -4.45. The van der Waals surface area contributed by atoms with E-state index in [0.717, 1.165) is 41.4 Å². The van der Waals surface area contributed by atoms with Crippen molar-refractivity contribution >= 4 is 40.7 Å². The normalized spacial score (nSPS) is 18.4. The summed E-state index contributed by atoms with van der Waals surface area (Å²) in [6, 6.07) is 12.8. The van der Waals surface area contributed by atoms with Crippen LogP contribution in [0.15, 0.2) is 58.3 Å². The van der Waals surface area contributed by atoms with Gasteiger partial charge in [-0.25, -0.2) is 9.78 Å². The first-order valence-electron chi connectivity index (χ1n) is 17.9. The molecule has 0 radical (unpaired) electrons. The largest absolute Gasteiger partial charge is 0.481 e. The predicted molar refractivity (Wildman–Crippen MR) is 209 cm³/mol. The van der Waals surface area contributed by atoms with Gasteiger partial charge in [0.2, 0.25) is 11.8 Å². The van der Waals surface area contributed by atoms with Crippen LogP contribution in [0, 0.1) is 5.92 Å². The maximum atomic E-state index is 13.0. The van der Waals surface area contributed by atoms with Crippen LogP contribution in [-0.2, 0) is 30.0 Å². The quantitative estimate of drug-likeness (QED) is 0.185. The standard InChI is InChI=1S/C29H26Cl2N4O4.C11H21NO2/c1-15-11-12-16-13-22(33-27(39-4)23(15)16)19-9-5-7-17(24(19)30)18-8-6-10-21(25(18)31)32-26(36)20-14-34(2)29(38)35(3)28(20)37;1-4-9(3)6-11(5-2)8-12-10(13)7-14-11/h5-10,13-15H,11-12H2,1-4H3,(H,32,36);9H,4-8H2,1-3H3,(H,12,13). The first-order chi connectivity index (χ1) is 25.2. The van der Waals surface area contributed by atoms with Crippen molar-refractivity contribution < 1.29 is 19.1 Å². The number of hydrogen-bond donors (Lipinski definition) is 2. The highest BCUT2D eigenvalue weighted by Gasteiger charge is 2.35. The van der Waals surface area contributed by atoms with E-state index in [1.807, 2.05) is 18.2 Å². The minimum atomic E-state index is -0.703. The second-order valence-corrected chi connectivity index (χ2v) is 14.7. The van der Waals surface area contributed by atoms with E-state index in [4.69, 9.17) is 37.7 Å². The van der Waals surface area contributed by atoms with Gasteiger partial charge in [-0.05, 0) is 55.2 Å². The van der Waals surface area contributed by atoms with Crippen LogP contribution in [0.25, 0.3) is 22.4 Å². The molecule has 4 aromatic rings. The summed E-state index contributed by atoms with van der Waals surface area (Å²) in [6.07, 6.45) is 6.38. The van der Waals surface area contributed by atoms with E-state index in [2.05, 4.69) is 44.4 Å². The molecule has 2 N–H and O–H groups in total. The van der Waals surface area contributed by atoms with Crippen LogP contribution in [0.1, 0.15) is 80.8 Å². The average molecular weight is 765 g/mol. The summed E-state index contributed by atoms with van der Waals surface area (Å²) in [6.45, 7) is 9.62. The van der Waals surface area contributed by atoms with Crippen LogP contribution in [0.3, 0.4) is 0 Å². The van der Waals surface area contributed by atoms with Crippen molar-refractivity contribution in [2.45, 2.75) is 71.3 Å². The molecule has 11 nitrogen and oxygen atoms in total. The first kappa shape index (κ1) is 39.8. The monoisotopic (exact) mass is 763 g/mol. The zero-order valence-corrected chi connectivity index (χ0v) is 32.8. The molecule has 282 valence electrons. The Morgan fingerprint density at radius 3 is 2.42 bits per heavy atom. The number of halogens is 2. The molecule has 2 amide bonds. The Morgan fingerprint density at radius 2 is 1.77 bits per heavy atom. The van der Waals surface area contributed by atoms with E-state index in [1.165, 1.54) is 36.8 Å². The van der Waals surface area contributed by atoms with Crippen molar-refractivity contribution in [2.24, 2.45) is 20.0 Å². The Kier molecular flexibility index (Phi) is 12.5. The molecule has 1 fully saturated rings. The van der Waals surface area contributed by atoms with E-state index in [0.29, 0.717) is 51.8 Å². The maximum Gasteiger partial charge on any atom is 0.330 e. The number of pyridine rings is 1. The van der Waals surface area contributed by atoms with Gasteiger partial charge < -0.3 is 24.7 Å². The fraction of sp³-hybridized carbons (Fsp3) is 0.425. The molecule has 53 heavy (non-hydrogen) atoms. The molecule has 3 atom stereocenters. The smallest absolute Gasteiger partial charge is 0.330 e. The van der Waals surface area contributed by atoms with E-state index >= 15 is 0 Å². The summed E-state index contributed by atoms with van der Waals surface area (Å²) < 4.78 is 13.4. The number of anilines is 1. The number of hydrogen-bond acceptors (Lipinski definition) is 7. The number of nitrogens with one attached hydrogen (secondary N) is 2. The van der Waals surface area contributed by atoms with Crippen molar-refractivity contribution in [3.8, 4) is 28.3 Å². The minimum Gasteiger partial charge on any atom is -0.481 e. The van der Waals surface area contributed by atoms with Crippen molar-refractivity contribution in [3.63, 3.8) is 0 Å². The number of methoxy groups -OCH3 is 1. The zero-order valence-electron chi connectivity index (χ0n) is 31.3. The van der Waals surface area contributed by atoms with Gasteiger partial charge in [-0.1, -0.05) is 87.6 Å². The summed E-state index contributed by atoms with van der Waals surface area (Å²) in [5.74, 6) is 0.981. The fourth-order valence-electron chi connectivity index (χ4n) is 6.92. The molecule has 2 aliphatic rings. The second-order valence-electron chi connectivity index (χ2n) is 13.9. The van der Waals surface area contributed by atoms with Crippen LogP contribution >= 0.6 is 23.2 Å². The summed E-state index contributed by atoms with van der Waals surface area (Å²) in [5.41, 5.74) is 3.80. The van der Waals surface area contributed by atoms with Gasteiger partial charge in [0.1, 0.15) is 12.2 Å². The van der Waals surface area contributed by atoms with Gasteiger partial charge in [-0.15, -0.1) is 0 Å². The number of benzene rings is 2. The van der Waals surface area contributed by atoms with E-state index in [9.17, 15) is 19.2 Å². The molecule has 6 rings (SSSR count). The van der Waals surface area contributed by atoms with Crippen LogP contribution < -0.4 is 26.6 Å². The molecule has 3 heterocycles. The Labute approximate surface area is 319 Å². The molecule has 2 aromatic heterocycles. The number of ether oxygens (including phenoxy) is 2. The molecule has 1 saturated heterocycles. The third-order valence-electron chi connectivity index (χ3n) is 10.3. The molecule has 1 aliphatic carbocycles. The Bertz CT molecular complexity index is 2140. The van der Waals surface area contributed by atoms with Crippen LogP contribution in [0.4, 0.5) is 5.69 Å². The number of carbonyl (C=O) groups is 2. The topological polar surface area (TPSA) is 134 Å².